The Morgan fingerprint density at radius 2 is 2.38 bits per heavy atom. The number of nitriles is 1. The first-order chi connectivity index (χ1) is 10.2. The molecule has 0 aliphatic carbocycles. The molecule has 1 N–H and O–H groups in total. The van der Waals surface area contributed by atoms with Gasteiger partial charge >= 0.3 is 0 Å². The highest BCUT2D eigenvalue weighted by Crippen LogP contribution is 2.23. The van der Waals surface area contributed by atoms with Gasteiger partial charge in [-0.05, 0) is 11.5 Å². The van der Waals surface area contributed by atoms with Crippen LogP contribution in [-0.2, 0) is 12.2 Å². The molecule has 3 heterocycles. The highest BCUT2D eigenvalue weighted by atomic mass is 32.2. The fraction of sp³-hybridized carbons (Fsp3) is 0.250. The van der Waals surface area contributed by atoms with Crippen LogP contribution in [0, 0.1) is 11.3 Å². The number of aryl methyl sites for hydroxylation is 1. The maximum Gasteiger partial charge on any atom is 0.272 e. The van der Waals surface area contributed by atoms with Crippen molar-refractivity contribution in [3.05, 3.63) is 39.7 Å². The van der Waals surface area contributed by atoms with E-state index in [9.17, 15) is 4.79 Å². The number of H-pyrrole nitrogens is 1. The Hall–Kier alpha value is -2.18. The fourth-order valence-corrected chi connectivity index (χ4v) is 3.35. The summed E-state index contributed by atoms with van der Waals surface area (Å²) < 4.78 is 6.32. The topological polar surface area (TPSA) is 99.7 Å². The SMILES string of the molecule is CCc1nsc(SCc2cc(=O)n3[nH]cc(C#N)c3n2)n1. The summed E-state index contributed by atoms with van der Waals surface area (Å²) in [5.41, 5.74) is 1.09. The van der Waals surface area contributed by atoms with Crippen molar-refractivity contribution in [1.82, 2.24) is 24.0 Å². The predicted octanol–water partition coefficient (Wildman–Crippen LogP) is 1.60. The van der Waals surface area contributed by atoms with Crippen LogP contribution in [0.2, 0.25) is 0 Å². The summed E-state index contributed by atoms with van der Waals surface area (Å²) in [7, 11) is 0. The van der Waals surface area contributed by atoms with E-state index in [4.69, 9.17) is 5.26 Å². The number of rotatable bonds is 4. The lowest BCUT2D eigenvalue weighted by Crippen LogP contribution is -2.15. The Morgan fingerprint density at radius 3 is 3.10 bits per heavy atom. The molecule has 0 radical (unpaired) electrons. The molecule has 0 unspecified atom stereocenters. The molecule has 0 saturated heterocycles. The lowest BCUT2D eigenvalue weighted by atomic mass is 10.3. The molecule has 0 bridgehead atoms. The monoisotopic (exact) mass is 318 g/mol. The van der Waals surface area contributed by atoms with Crippen LogP contribution in [0.4, 0.5) is 0 Å². The molecule has 7 nitrogen and oxygen atoms in total. The molecule has 0 amide bonds. The number of hydrogen-bond donors (Lipinski definition) is 1. The van der Waals surface area contributed by atoms with Crippen LogP contribution in [0.1, 0.15) is 24.0 Å². The van der Waals surface area contributed by atoms with Crippen LogP contribution in [0.5, 0.6) is 0 Å². The number of hydrogen-bond acceptors (Lipinski definition) is 7. The van der Waals surface area contributed by atoms with Gasteiger partial charge in [-0.2, -0.15) is 9.64 Å². The van der Waals surface area contributed by atoms with Crippen molar-refractivity contribution in [2.24, 2.45) is 0 Å². The molecule has 106 valence electrons. The van der Waals surface area contributed by atoms with Gasteiger partial charge in [0.05, 0.1) is 5.69 Å². The Kier molecular flexibility index (Phi) is 3.72. The van der Waals surface area contributed by atoms with E-state index < -0.39 is 0 Å². The number of nitrogens with one attached hydrogen (secondary N) is 1. The predicted molar refractivity (Wildman–Crippen MR) is 79.4 cm³/mol. The van der Waals surface area contributed by atoms with E-state index in [1.54, 1.807) is 0 Å². The highest BCUT2D eigenvalue weighted by Gasteiger charge is 2.10. The van der Waals surface area contributed by atoms with Crippen LogP contribution in [0.3, 0.4) is 0 Å². The molecule has 3 aromatic heterocycles. The number of thioether (sulfide) groups is 1. The molecule has 21 heavy (non-hydrogen) atoms. The summed E-state index contributed by atoms with van der Waals surface area (Å²) in [5.74, 6) is 1.34. The minimum atomic E-state index is -0.233. The van der Waals surface area contributed by atoms with E-state index in [1.165, 1.54) is 40.1 Å². The van der Waals surface area contributed by atoms with E-state index in [1.807, 2.05) is 13.0 Å². The lowest BCUT2D eigenvalue weighted by Gasteiger charge is -1.99. The van der Waals surface area contributed by atoms with Crippen LogP contribution >= 0.6 is 23.3 Å². The first-order valence-electron chi connectivity index (χ1n) is 6.16. The van der Waals surface area contributed by atoms with E-state index in [0.717, 1.165) is 16.6 Å². The molecule has 0 aliphatic rings. The number of fused-ring (bicyclic) bond motifs is 1. The van der Waals surface area contributed by atoms with Crippen LogP contribution in [0.15, 0.2) is 21.4 Å². The Morgan fingerprint density at radius 1 is 1.52 bits per heavy atom. The normalized spacial score (nSPS) is 10.9. The standard InChI is InChI=1S/C12H10N6OS2/c1-2-9-16-12(21-17-9)20-6-8-3-10(19)18-11(15-8)7(4-13)5-14-18/h3,5,14H,2,6H2,1H3. The van der Waals surface area contributed by atoms with Gasteiger partial charge in [0, 0.05) is 24.4 Å². The molecule has 0 saturated carbocycles. The van der Waals surface area contributed by atoms with Gasteiger partial charge in [-0.3, -0.25) is 9.89 Å². The maximum absolute atomic E-state index is 11.9. The first kappa shape index (κ1) is 13.8. The molecule has 3 aromatic rings. The molecule has 0 fully saturated rings. The summed E-state index contributed by atoms with van der Waals surface area (Å²) in [4.78, 5) is 20.6. The lowest BCUT2D eigenvalue weighted by molar-refractivity contribution is 0.888. The van der Waals surface area contributed by atoms with Gasteiger partial charge in [-0.15, -0.1) is 0 Å². The zero-order chi connectivity index (χ0) is 14.8. The van der Waals surface area contributed by atoms with Gasteiger partial charge in [-0.25, -0.2) is 14.5 Å². The second-order valence-electron chi connectivity index (χ2n) is 4.16. The Balaban J connectivity index is 1.87. The van der Waals surface area contributed by atoms with Gasteiger partial charge in [-0.1, -0.05) is 18.7 Å². The quantitative estimate of drug-likeness (QED) is 0.733. The third-order valence-corrected chi connectivity index (χ3v) is 4.69. The van der Waals surface area contributed by atoms with Gasteiger partial charge in [0.2, 0.25) is 0 Å². The van der Waals surface area contributed by atoms with Crippen molar-refractivity contribution in [2.45, 2.75) is 23.4 Å². The second-order valence-corrected chi connectivity index (χ2v) is 6.14. The van der Waals surface area contributed by atoms with Crippen molar-refractivity contribution in [3.8, 4) is 6.07 Å². The van der Waals surface area contributed by atoms with Gasteiger partial charge < -0.3 is 0 Å². The van der Waals surface area contributed by atoms with Gasteiger partial charge in [0.1, 0.15) is 17.5 Å². The Labute approximate surface area is 127 Å². The third-order valence-electron chi connectivity index (χ3n) is 2.78. The highest BCUT2D eigenvalue weighted by molar-refractivity contribution is 8.00. The van der Waals surface area contributed by atoms with Crippen molar-refractivity contribution >= 4 is 28.9 Å². The maximum atomic E-state index is 11.9. The van der Waals surface area contributed by atoms with Crippen molar-refractivity contribution in [3.63, 3.8) is 0 Å². The number of aromatic nitrogens is 5. The largest absolute Gasteiger partial charge is 0.295 e. The van der Waals surface area contributed by atoms with Gasteiger partial charge in [0.25, 0.3) is 5.56 Å². The van der Waals surface area contributed by atoms with Crippen molar-refractivity contribution in [2.75, 3.05) is 0 Å². The molecular weight excluding hydrogens is 308 g/mol. The number of aromatic amines is 1. The third kappa shape index (κ3) is 2.68. The van der Waals surface area contributed by atoms with E-state index in [2.05, 4.69) is 19.4 Å². The molecule has 0 atom stereocenters. The minimum absolute atomic E-state index is 0.233. The average Bonchev–Trinajstić information content (AvgIpc) is 3.11. The summed E-state index contributed by atoms with van der Waals surface area (Å²) in [5, 5.41) is 11.7. The Bertz CT molecular complexity index is 887. The molecule has 0 aliphatic heterocycles. The average molecular weight is 318 g/mol. The molecular formula is C12H10N6OS2. The molecule has 0 aromatic carbocycles. The molecule has 3 rings (SSSR count). The van der Waals surface area contributed by atoms with E-state index in [0.29, 0.717) is 22.7 Å². The van der Waals surface area contributed by atoms with Crippen molar-refractivity contribution < 1.29 is 0 Å². The summed E-state index contributed by atoms with van der Waals surface area (Å²) in [6.07, 6.45) is 2.27. The van der Waals surface area contributed by atoms with Crippen LogP contribution in [-0.4, -0.2) is 24.0 Å². The second kappa shape index (κ2) is 5.67. The van der Waals surface area contributed by atoms with Crippen LogP contribution < -0.4 is 5.56 Å². The smallest absolute Gasteiger partial charge is 0.272 e. The molecule has 9 heteroatoms. The number of nitrogens with zero attached hydrogens (tertiary/aromatic N) is 5. The fourth-order valence-electron chi connectivity index (χ4n) is 1.76. The van der Waals surface area contributed by atoms with Gasteiger partial charge in [0.15, 0.2) is 9.99 Å². The van der Waals surface area contributed by atoms with Crippen molar-refractivity contribution in [1.29, 1.82) is 5.26 Å². The van der Waals surface area contributed by atoms with E-state index in [-0.39, 0.29) is 5.56 Å². The zero-order valence-corrected chi connectivity index (χ0v) is 12.7. The zero-order valence-electron chi connectivity index (χ0n) is 11.0. The summed E-state index contributed by atoms with van der Waals surface area (Å²) in [6, 6.07) is 3.47. The molecule has 0 spiro atoms. The van der Waals surface area contributed by atoms with E-state index >= 15 is 0 Å². The van der Waals surface area contributed by atoms with Crippen LogP contribution in [0.25, 0.3) is 5.65 Å². The summed E-state index contributed by atoms with van der Waals surface area (Å²) >= 11 is 2.83. The summed E-state index contributed by atoms with van der Waals surface area (Å²) in [6.45, 7) is 2.00. The first-order valence-corrected chi connectivity index (χ1v) is 7.92. The minimum Gasteiger partial charge on any atom is -0.295 e.